The number of aromatic amines is 1. The molecule has 0 atom stereocenters. The second-order valence-corrected chi connectivity index (χ2v) is 11.0. The number of benzene rings is 1. The van der Waals surface area contributed by atoms with Gasteiger partial charge in [0.1, 0.15) is 17.6 Å². The molecule has 3 aromatic heterocycles. The van der Waals surface area contributed by atoms with Crippen molar-refractivity contribution in [1.29, 1.82) is 5.26 Å². The first-order chi connectivity index (χ1) is 20.6. The van der Waals surface area contributed by atoms with Gasteiger partial charge in [-0.3, -0.25) is 20.1 Å². The predicted molar refractivity (Wildman–Crippen MR) is 156 cm³/mol. The van der Waals surface area contributed by atoms with Crippen LogP contribution in [0.4, 0.5) is 24.9 Å². The Balaban J connectivity index is 1.24. The zero-order valence-electron chi connectivity index (χ0n) is 24.1. The highest BCUT2D eigenvalue weighted by Gasteiger charge is 2.27. The quantitative estimate of drug-likeness (QED) is 0.228. The number of carbonyl (C=O) groups is 1. The zero-order chi connectivity index (χ0) is 30.6. The van der Waals surface area contributed by atoms with Gasteiger partial charge in [0.15, 0.2) is 0 Å². The fourth-order valence-electron chi connectivity index (χ4n) is 5.58. The molecule has 0 saturated carbocycles. The number of H-pyrrole nitrogens is 1. The van der Waals surface area contributed by atoms with Crippen LogP contribution in [0.25, 0.3) is 10.9 Å². The minimum atomic E-state index is -4.22. The smallest absolute Gasteiger partial charge is 0.367 e. The number of piperidine rings is 1. The molecule has 4 heterocycles. The third kappa shape index (κ3) is 7.50. The van der Waals surface area contributed by atoms with Crippen LogP contribution in [0.3, 0.4) is 0 Å². The number of aromatic nitrogens is 5. The van der Waals surface area contributed by atoms with Gasteiger partial charge in [-0.05, 0) is 55.9 Å². The monoisotopic (exact) mass is 593 g/mol. The van der Waals surface area contributed by atoms with Crippen molar-refractivity contribution in [2.45, 2.75) is 71.3 Å². The van der Waals surface area contributed by atoms with Crippen LogP contribution in [0.1, 0.15) is 60.6 Å². The number of hydrogen-bond donors (Lipinski definition) is 3. The molecule has 4 aromatic rings. The van der Waals surface area contributed by atoms with Crippen molar-refractivity contribution in [3.05, 3.63) is 64.7 Å². The molecule has 5 rings (SSSR count). The lowest BCUT2D eigenvalue weighted by atomic mass is 10.0. The van der Waals surface area contributed by atoms with Gasteiger partial charge in [0, 0.05) is 73.4 Å². The van der Waals surface area contributed by atoms with E-state index in [1.807, 2.05) is 16.8 Å². The van der Waals surface area contributed by atoms with Gasteiger partial charge in [0.05, 0.1) is 12.7 Å². The van der Waals surface area contributed by atoms with E-state index in [2.05, 4.69) is 60.8 Å². The number of carbonyl (C=O) groups excluding carboxylic acids is 1. The van der Waals surface area contributed by atoms with Crippen molar-refractivity contribution in [3.8, 4) is 6.07 Å². The molecular formula is C30H34F3N9O. The first-order valence-electron chi connectivity index (χ1n) is 14.3. The van der Waals surface area contributed by atoms with Gasteiger partial charge >= 0.3 is 6.18 Å². The number of hydrogen-bond acceptors (Lipinski definition) is 7. The summed E-state index contributed by atoms with van der Waals surface area (Å²) in [4.78, 5) is 22.4. The maximum Gasteiger partial charge on any atom is 0.389 e. The van der Waals surface area contributed by atoms with E-state index in [0.29, 0.717) is 23.6 Å². The molecule has 43 heavy (non-hydrogen) atoms. The van der Waals surface area contributed by atoms with Gasteiger partial charge in [-0.2, -0.15) is 28.5 Å². The number of fused-ring (bicyclic) bond motifs is 1. The minimum Gasteiger partial charge on any atom is -0.367 e. The highest BCUT2D eigenvalue weighted by Crippen LogP contribution is 2.29. The Bertz CT molecular complexity index is 1610. The van der Waals surface area contributed by atoms with Crippen LogP contribution in [0.15, 0.2) is 36.8 Å². The van der Waals surface area contributed by atoms with Crippen LogP contribution in [0.2, 0.25) is 0 Å². The van der Waals surface area contributed by atoms with Crippen LogP contribution >= 0.6 is 0 Å². The molecule has 0 spiro atoms. The third-order valence-electron chi connectivity index (χ3n) is 7.86. The van der Waals surface area contributed by atoms with Crippen molar-refractivity contribution < 1.29 is 18.0 Å². The van der Waals surface area contributed by atoms with E-state index in [1.54, 1.807) is 6.20 Å². The summed E-state index contributed by atoms with van der Waals surface area (Å²) < 4.78 is 40.2. The second kappa shape index (κ2) is 12.8. The van der Waals surface area contributed by atoms with E-state index < -0.39 is 12.6 Å². The van der Waals surface area contributed by atoms with E-state index in [0.717, 1.165) is 54.5 Å². The molecule has 0 radical (unpaired) electrons. The molecule has 13 heteroatoms. The topological polar surface area (TPSA) is 128 Å². The Morgan fingerprint density at radius 2 is 1.98 bits per heavy atom. The van der Waals surface area contributed by atoms with Crippen LogP contribution < -0.4 is 10.6 Å². The molecule has 1 aliphatic rings. The number of anilines is 2. The average molecular weight is 594 g/mol. The summed E-state index contributed by atoms with van der Waals surface area (Å²) in [7, 11) is 0. The Morgan fingerprint density at radius 1 is 1.19 bits per heavy atom. The number of nitrogens with one attached hydrogen (secondary N) is 3. The molecule has 0 aliphatic carbocycles. The van der Waals surface area contributed by atoms with E-state index in [4.69, 9.17) is 0 Å². The minimum absolute atomic E-state index is 0.0638. The van der Waals surface area contributed by atoms with Gasteiger partial charge in [-0.15, -0.1) is 0 Å². The molecule has 3 N–H and O–H groups in total. The number of alkyl halides is 3. The molecule has 0 bridgehead atoms. The number of nitrogens with zero attached hydrogens (tertiary/aromatic N) is 6. The third-order valence-corrected chi connectivity index (χ3v) is 7.86. The lowest BCUT2D eigenvalue weighted by Gasteiger charge is -2.33. The second-order valence-electron chi connectivity index (χ2n) is 11.0. The Hall–Kier alpha value is -4.44. The fourth-order valence-corrected chi connectivity index (χ4v) is 5.58. The van der Waals surface area contributed by atoms with Gasteiger partial charge < -0.3 is 9.88 Å². The molecule has 1 amide bonds. The van der Waals surface area contributed by atoms with Gasteiger partial charge in [0.2, 0.25) is 11.9 Å². The fraction of sp³-hybridized carbons (Fsp3) is 0.433. The molecule has 1 fully saturated rings. The number of likely N-dealkylation sites (tertiary alicyclic amines) is 1. The maximum absolute atomic E-state index is 12.7. The summed E-state index contributed by atoms with van der Waals surface area (Å²) in [6.07, 6.45) is 1.74. The van der Waals surface area contributed by atoms with Crippen LogP contribution in [0, 0.1) is 18.3 Å². The molecule has 10 nitrogen and oxygen atoms in total. The number of nitriles is 1. The molecular weight excluding hydrogens is 559 g/mol. The van der Waals surface area contributed by atoms with Crippen molar-refractivity contribution in [2.24, 2.45) is 0 Å². The molecule has 226 valence electrons. The summed E-state index contributed by atoms with van der Waals surface area (Å²) in [5.74, 6) is 0.265. The van der Waals surface area contributed by atoms with Crippen molar-refractivity contribution in [3.63, 3.8) is 0 Å². The summed E-state index contributed by atoms with van der Waals surface area (Å²) >= 11 is 0. The number of amides is 1. The zero-order valence-corrected chi connectivity index (χ0v) is 24.1. The standard InChI is InChI=1S/C30H34F3N9O/c1-19-23(5-6-27-26(19)12-25(13-34)42(27)17-21-14-36-37-15-21)18-41-10-7-24(8-11-41)39-28-22(4-3-9-30(31,32)33)16-35-29(40-28)38-20(2)43/h5-6,12,14-16,24H,3-4,7-11,17-18H2,1-2H3,(H,36,37)(H2,35,38,39,40,43). The highest BCUT2D eigenvalue weighted by molar-refractivity contribution is 5.87. The molecule has 0 unspecified atom stereocenters. The Kier molecular flexibility index (Phi) is 8.96. The Morgan fingerprint density at radius 3 is 2.65 bits per heavy atom. The van der Waals surface area contributed by atoms with Crippen LogP contribution in [-0.2, 0) is 24.3 Å². The number of halogens is 3. The van der Waals surface area contributed by atoms with Crippen molar-refractivity contribution >= 4 is 28.6 Å². The summed E-state index contributed by atoms with van der Waals surface area (Å²) in [5, 5.41) is 23.6. The molecule has 1 saturated heterocycles. The number of aryl methyl sites for hydroxylation is 2. The summed E-state index contributed by atoms with van der Waals surface area (Å²) in [5.41, 5.74) is 5.56. The van der Waals surface area contributed by atoms with Gasteiger partial charge in [-0.25, -0.2) is 4.98 Å². The first-order valence-corrected chi connectivity index (χ1v) is 14.3. The van der Waals surface area contributed by atoms with E-state index in [-0.39, 0.29) is 30.7 Å². The van der Waals surface area contributed by atoms with Crippen molar-refractivity contribution in [2.75, 3.05) is 23.7 Å². The predicted octanol–water partition coefficient (Wildman–Crippen LogP) is 5.30. The van der Waals surface area contributed by atoms with Crippen molar-refractivity contribution in [1.82, 2.24) is 29.6 Å². The summed E-state index contributed by atoms with van der Waals surface area (Å²) in [6, 6.07) is 8.56. The molecule has 1 aromatic carbocycles. The lowest BCUT2D eigenvalue weighted by Crippen LogP contribution is -2.39. The van der Waals surface area contributed by atoms with Crippen LogP contribution in [-0.4, -0.2) is 60.8 Å². The molecule has 1 aliphatic heterocycles. The summed E-state index contributed by atoms with van der Waals surface area (Å²) in [6.45, 7) is 6.43. The van der Waals surface area contributed by atoms with E-state index >= 15 is 0 Å². The van der Waals surface area contributed by atoms with Crippen LogP contribution in [0.5, 0.6) is 0 Å². The number of rotatable bonds is 10. The van der Waals surface area contributed by atoms with Gasteiger partial charge in [-0.1, -0.05) is 6.07 Å². The first kappa shape index (κ1) is 30.0. The maximum atomic E-state index is 12.7. The Labute approximate surface area is 247 Å². The average Bonchev–Trinajstić information content (AvgIpc) is 3.60. The van der Waals surface area contributed by atoms with E-state index in [1.165, 1.54) is 18.7 Å². The largest absolute Gasteiger partial charge is 0.389 e. The highest BCUT2D eigenvalue weighted by atomic mass is 19.4. The SMILES string of the molecule is CC(=O)Nc1ncc(CCCC(F)(F)F)c(NC2CCN(Cc3ccc4c(cc(C#N)n4Cc4cn[nH]c4)c3C)CC2)n1. The van der Waals surface area contributed by atoms with Gasteiger partial charge in [0.25, 0.3) is 0 Å². The van der Waals surface area contributed by atoms with E-state index in [9.17, 15) is 23.2 Å². The normalized spacial score (nSPS) is 14.6. The lowest BCUT2D eigenvalue weighted by molar-refractivity contribution is -0.135.